The maximum absolute atomic E-state index is 6.03. The van der Waals surface area contributed by atoms with E-state index in [4.69, 9.17) is 26.5 Å². The fourth-order valence-corrected chi connectivity index (χ4v) is 6.83. The summed E-state index contributed by atoms with van der Waals surface area (Å²) in [5.74, 6) is 3.66. The van der Waals surface area contributed by atoms with Crippen molar-refractivity contribution in [3.05, 3.63) is 153 Å². The highest BCUT2D eigenvalue weighted by atomic mass is 16.4. The van der Waals surface area contributed by atoms with Crippen LogP contribution in [0, 0.1) is 0 Å². The van der Waals surface area contributed by atoms with E-state index in [1.807, 2.05) is 87.5 Å². The summed E-state index contributed by atoms with van der Waals surface area (Å²) in [6.07, 6.45) is 9.95. The van der Waals surface area contributed by atoms with Crippen molar-refractivity contribution in [2.45, 2.75) is 0 Å². The van der Waals surface area contributed by atoms with E-state index < -0.39 is 0 Å². The van der Waals surface area contributed by atoms with Gasteiger partial charge in [-0.3, -0.25) is 4.90 Å². The summed E-state index contributed by atoms with van der Waals surface area (Å²) >= 11 is 0. The molecule has 9 heteroatoms. The Hall–Kier alpha value is -7.00. The third kappa shape index (κ3) is 4.19. The fourth-order valence-electron chi connectivity index (χ4n) is 6.83. The number of benzene rings is 4. The predicted octanol–water partition coefficient (Wildman–Crippen LogP) is 12.6. The Morgan fingerprint density at radius 3 is 1.00 bits per heavy atom. The van der Waals surface area contributed by atoms with Gasteiger partial charge in [0.25, 0.3) is 0 Å². The van der Waals surface area contributed by atoms with Crippen molar-refractivity contribution in [2.75, 3.05) is 14.7 Å². The lowest BCUT2D eigenvalue weighted by Crippen LogP contribution is -2.13. The molecule has 0 aliphatic rings. The normalized spacial score (nSPS) is 11.7. The van der Waals surface area contributed by atoms with Gasteiger partial charge in [-0.15, -0.1) is 0 Å². The molecule has 0 spiro atoms. The molecule has 0 saturated heterocycles. The summed E-state index contributed by atoms with van der Waals surface area (Å²) in [5, 5.41) is 6.16. The van der Waals surface area contributed by atoms with Crippen LogP contribution in [0.4, 0.5) is 52.4 Å². The van der Waals surface area contributed by atoms with Gasteiger partial charge in [-0.2, -0.15) is 0 Å². The number of nitrogens with zero attached hydrogens (tertiary/aromatic N) is 3. The van der Waals surface area contributed by atoms with Crippen molar-refractivity contribution in [3.8, 4) is 0 Å². The van der Waals surface area contributed by atoms with E-state index in [1.54, 1.807) is 37.6 Å². The summed E-state index contributed by atoms with van der Waals surface area (Å²) in [6.45, 7) is 0. The lowest BCUT2D eigenvalue weighted by Gasteiger charge is -2.28. The first-order chi connectivity index (χ1) is 24.3. The molecular weight excluding hydrogens is 618 g/mol. The third-order valence-electron chi connectivity index (χ3n) is 8.80. The van der Waals surface area contributed by atoms with E-state index in [0.717, 1.165) is 49.4 Å². The van der Waals surface area contributed by atoms with Gasteiger partial charge in [-0.05, 0) is 59.3 Å². The van der Waals surface area contributed by atoms with Gasteiger partial charge in [0, 0.05) is 57.9 Å². The summed E-state index contributed by atoms with van der Waals surface area (Å²) in [6, 6.07) is 37.7. The average molecular weight is 644 g/mol. The Morgan fingerprint density at radius 2 is 0.633 bits per heavy atom. The quantitative estimate of drug-likeness (QED) is 0.143. The highest BCUT2D eigenvalue weighted by Gasteiger charge is 2.29. The fraction of sp³-hybridized carbons (Fsp3) is 0. The maximum Gasteiger partial charge on any atom is 0.206 e. The molecular formula is C40H25N3O6. The molecule has 0 saturated carbocycles. The van der Waals surface area contributed by atoms with E-state index >= 15 is 0 Å². The lowest BCUT2D eigenvalue weighted by atomic mass is 9.91. The minimum Gasteiger partial charge on any atom is -0.448 e. The van der Waals surface area contributed by atoms with Gasteiger partial charge in [-0.25, -0.2) is 9.80 Å². The van der Waals surface area contributed by atoms with Crippen molar-refractivity contribution < 1.29 is 26.5 Å². The number of anilines is 9. The molecule has 0 N–H and O–H groups in total. The molecule has 0 amide bonds. The lowest BCUT2D eigenvalue weighted by molar-refractivity contribution is 0.538. The molecule has 4 aromatic carbocycles. The second kappa shape index (κ2) is 10.8. The first kappa shape index (κ1) is 27.1. The van der Waals surface area contributed by atoms with Crippen molar-refractivity contribution in [3.63, 3.8) is 0 Å². The Kier molecular flexibility index (Phi) is 5.97. The molecule has 0 unspecified atom stereocenters. The Balaban J connectivity index is 1.34. The monoisotopic (exact) mass is 643 g/mol. The molecule has 9 nitrogen and oxygen atoms in total. The molecule has 10 aromatic rings. The van der Waals surface area contributed by atoms with Crippen LogP contribution in [0.3, 0.4) is 0 Å². The molecule has 0 radical (unpaired) electrons. The van der Waals surface area contributed by atoms with Gasteiger partial charge in [-0.1, -0.05) is 30.3 Å². The van der Waals surface area contributed by atoms with Gasteiger partial charge in [0.05, 0.1) is 54.6 Å². The van der Waals surface area contributed by atoms with E-state index in [9.17, 15) is 0 Å². The van der Waals surface area contributed by atoms with Crippen molar-refractivity contribution in [2.24, 2.45) is 0 Å². The molecule has 49 heavy (non-hydrogen) atoms. The van der Waals surface area contributed by atoms with E-state index in [2.05, 4.69) is 42.5 Å². The third-order valence-corrected chi connectivity index (χ3v) is 8.80. The average Bonchev–Trinajstić information content (AvgIpc) is 3.99. The maximum atomic E-state index is 6.03. The molecule has 0 aliphatic carbocycles. The Bertz CT molecular complexity index is 2410. The highest BCUT2D eigenvalue weighted by molar-refractivity contribution is 6.30. The van der Waals surface area contributed by atoms with Crippen LogP contribution in [0.25, 0.3) is 32.3 Å². The van der Waals surface area contributed by atoms with Crippen LogP contribution in [0.5, 0.6) is 0 Å². The standard InChI is InChI=1S/C40H25N3O6/c1-7-33(44-19-1)41(34-8-2-20-45-34)30-18-14-26-13-15-28-31(42(35-9-3-21-46-35)36-10-4-22-47-36)25-32(29-17-16-27(30)39(26)40(28)29)43(37-11-5-23-48-37)38-12-6-24-49-38/h1-25H. The zero-order valence-electron chi connectivity index (χ0n) is 25.7. The molecule has 6 aromatic heterocycles. The molecule has 0 fully saturated rings. The molecule has 0 aliphatic heterocycles. The minimum absolute atomic E-state index is 0.598. The largest absolute Gasteiger partial charge is 0.448 e. The van der Waals surface area contributed by atoms with Crippen LogP contribution in [0.1, 0.15) is 0 Å². The van der Waals surface area contributed by atoms with Crippen LogP contribution >= 0.6 is 0 Å². The van der Waals surface area contributed by atoms with Gasteiger partial charge in [0.1, 0.15) is 0 Å². The number of hydrogen-bond acceptors (Lipinski definition) is 9. The number of furan rings is 6. The zero-order valence-corrected chi connectivity index (χ0v) is 25.7. The van der Waals surface area contributed by atoms with E-state index in [1.165, 1.54) is 0 Å². The molecule has 0 bridgehead atoms. The number of rotatable bonds is 9. The van der Waals surface area contributed by atoms with Crippen LogP contribution in [0.15, 0.2) is 179 Å². The van der Waals surface area contributed by atoms with Crippen LogP contribution in [-0.4, -0.2) is 0 Å². The molecule has 236 valence electrons. The van der Waals surface area contributed by atoms with E-state index in [0.29, 0.717) is 35.3 Å². The summed E-state index contributed by atoms with van der Waals surface area (Å²) in [4.78, 5) is 5.96. The van der Waals surface area contributed by atoms with Gasteiger partial charge in [0.2, 0.25) is 35.3 Å². The Morgan fingerprint density at radius 1 is 0.306 bits per heavy atom. The smallest absolute Gasteiger partial charge is 0.206 e. The van der Waals surface area contributed by atoms with Gasteiger partial charge >= 0.3 is 0 Å². The van der Waals surface area contributed by atoms with Gasteiger partial charge < -0.3 is 26.5 Å². The SMILES string of the molecule is c1coc(N(c2ccco2)c2ccc3ccc4c(N(c5ccco5)c5ccco5)cc(N(c5ccco5)c5ccco5)c5ccc2c3c45)c1. The molecule has 0 atom stereocenters. The Labute approximate surface area is 278 Å². The van der Waals surface area contributed by atoms with Crippen LogP contribution in [-0.2, 0) is 0 Å². The van der Waals surface area contributed by atoms with Crippen molar-refractivity contribution in [1.82, 2.24) is 0 Å². The summed E-state index contributed by atoms with van der Waals surface area (Å²) < 4.78 is 36.0. The van der Waals surface area contributed by atoms with Crippen LogP contribution in [0.2, 0.25) is 0 Å². The molecule has 6 heterocycles. The number of hydrogen-bond donors (Lipinski definition) is 0. The topological polar surface area (TPSA) is 88.6 Å². The predicted molar refractivity (Wildman–Crippen MR) is 188 cm³/mol. The van der Waals surface area contributed by atoms with Crippen LogP contribution < -0.4 is 14.7 Å². The highest BCUT2D eigenvalue weighted by Crippen LogP contribution is 2.52. The first-order valence-electron chi connectivity index (χ1n) is 15.7. The summed E-state index contributed by atoms with van der Waals surface area (Å²) in [7, 11) is 0. The summed E-state index contributed by atoms with van der Waals surface area (Å²) in [5.41, 5.74) is 2.58. The minimum atomic E-state index is 0.598. The van der Waals surface area contributed by atoms with E-state index in [-0.39, 0.29) is 0 Å². The van der Waals surface area contributed by atoms with Crippen molar-refractivity contribution >= 4 is 84.7 Å². The van der Waals surface area contributed by atoms with Crippen molar-refractivity contribution in [1.29, 1.82) is 0 Å². The van der Waals surface area contributed by atoms with Gasteiger partial charge in [0.15, 0.2) is 0 Å². The second-order valence-electron chi connectivity index (χ2n) is 11.5. The second-order valence-corrected chi connectivity index (χ2v) is 11.5. The zero-order chi connectivity index (χ0) is 32.3. The first-order valence-corrected chi connectivity index (χ1v) is 15.7. The molecule has 10 rings (SSSR count).